The molecule has 14 heavy (non-hydrogen) atoms. The molecule has 0 atom stereocenters. The fraction of sp³-hybridized carbons (Fsp3) is 0.545. The van der Waals surface area contributed by atoms with Crippen molar-refractivity contribution in [3.63, 3.8) is 0 Å². The van der Waals surface area contributed by atoms with E-state index in [1.807, 2.05) is 6.07 Å². The number of hydrogen-bond acceptors (Lipinski definition) is 2. The molecule has 0 radical (unpaired) electrons. The summed E-state index contributed by atoms with van der Waals surface area (Å²) in [6.07, 6.45) is 4.44. The van der Waals surface area contributed by atoms with E-state index in [-0.39, 0.29) is 0 Å². The Bertz CT molecular complexity index is 274. The van der Waals surface area contributed by atoms with Crippen LogP contribution in [0.3, 0.4) is 0 Å². The zero-order valence-corrected chi connectivity index (χ0v) is 9.51. The Hall–Kier alpha value is -0.600. The van der Waals surface area contributed by atoms with E-state index in [4.69, 9.17) is 11.6 Å². The van der Waals surface area contributed by atoms with Crippen molar-refractivity contribution in [1.29, 1.82) is 0 Å². The number of aromatic nitrogens is 1. The van der Waals surface area contributed by atoms with Crippen molar-refractivity contribution >= 4 is 11.6 Å². The first-order chi connectivity index (χ1) is 6.70. The van der Waals surface area contributed by atoms with E-state index < -0.39 is 0 Å². The summed E-state index contributed by atoms with van der Waals surface area (Å²) in [5.74, 6) is 0.697. The molecule has 0 aliphatic heterocycles. The maximum Gasteiger partial charge on any atom is 0.0621 e. The second-order valence-corrected chi connectivity index (χ2v) is 4.22. The predicted octanol–water partition coefficient (Wildman–Crippen LogP) is 2.52. The highest BCUT2D eigenvalue weighted by atomic mass is 35.5. The van der Waals surface area contributed by atoms with Gasteiger partial charge in [0, 0.05) is 12.4 Å². The fourth-order valence-electron chi connectivity index (χ4n) is 1.22. The summed E-state index contributed by atoms with van der Waals surface area (Å²) in [6, 6.07) is 1.97. The summed E-state index contributed by atoms with van der Waals surface area (Å²) in [4.78, 5) is 3.95. The van der Waals surface area contributed by atoms with Crippen LogP contribution in [0.2, 0.25) is 5.02 Å². The highest BCUT2D eigenvalue weighted by Crippen LogP contribution is 2.13. The van der Waals surface area contributed by atoms with E-state index in [0.29, 0.717) is 5.92 Å². The standard InChI is InChI=1S/C11H17ClN2/c1-9(2)7-13-5-3-10-4-6-14-8-11(10)12/h4,6,8-9,13H,3,5,7H2,1-2H3. The molecule has 78 valence electrons. The smallest absolute Gasteiger partial charge is 0.0621 e. The van der Waals surface area contributed by atoms with Crippen LogP contribution in [-0.2, 0) is 6.42 Å². The maximum atomic E-state index is 5.98. The molecule has 2 nitrogen and oxygen atoms in total. The molecule has 0 aliphatic carbocycles. The van der Waals surface area contributed by atoms with Crippen molar-refractivity contribution in [3.8, 4) is 0 Å². The van der Waals surface area contributed by atoms with Crippen LogP contribution in [0, 0.1) is 5.92 Å². The number of nitrogens with one attached hydrogen (secondary N) is 1. The average molecular weight is 213 g/mol. The minimum atomic E-state index is 0.697. The third-order valence-electron chi connectivity index (χ3n) is 1.98. The lowest BCUT2D eigenvalue weighted by Crippen LogP contribution is -2.22. The van der Waals surface area contributed by atoms with Gasteiger partial charge in [0.2, 0.25) is 0 Å². The number of hydrogen-bond donors (Lipinski definition) is 1. The molecule has 0 fully saturated rings. The van der Waals surface area contributed by atoms with Crippen molar-refractivity contribution in [1.82, 2.24) is 10.3 Å². The molecule has 0 spiro atoms. The Morgan fingerprint density at radius 1 is 1.50 bits per heavy atom. The molecular weight excluding hydrogens is 196 g/mol. The lowest BCUT2D eigenvalue weighted by Gasteiger charge is -2.07. The van der Waals surface area contributed by atoms with Crippen molar-refractivity contribution in [3.05, 3.63) is 29.0 Å². The number of rotatable bonds is 5. The summed E-state index contributed by atoms with van der Waals surface area (Å²) < 4.78 is 0. The second-order valence-electron chi connectivity index (χ2n) is 3.82. The van der Waals surface area contributed by atoms with E-state index in [2.05, 4.69) is 24.1 Å². The molecule has 3 heteroatoms. The summed E-state index contributed by atoms with van der Waals surface area (Å²) in [7, 11) is 0. The normalized spacial score (nSPS) is 10.9. The predicted molar refractivity (Wildman–Crippen MR) is 60.7 cm³/mol. The minimum Gasteiger partial charge on any atom is -0.316 e. The van der Waals surface area contributed by atoms with Crippen LogP contribution in [0.15, 0.2) is 18.5 Å². The Morgan fingerprint density at radius 3 is 2.93 bits per heavy atom. The summed E-state index contributed by atoms with van der Waals surface area (Å²) in [5.41, 5.74) is 1.16. The van der Waals surface area contributed by atoms with Gasteiger partial charge in [-0.15, -0.1) is 0 Å². The molecule has 0 amide bonds. The van der Waals surface area contributed by atoms with Gasteiger partial charge in [0.15, 0.2) is 0 Å². The van der Waals surface area contributed by atoms with Gasteiger partial charge in [-0.25, -0.2) is 0 Å². The van der Waals surface area contributed by atoms with Crippen LogP contribution in [0.4, 0.5) is 0 Å². The number of pyridine rings is 1. The van der Waals surface area contributed by atoms with E-state index in [1.165, 1.54) is 0 Å². The zero-order chi connectivity index (χ0) is 10.4. The van der Waals surface area contributed by atoms with E-state index in [1.54, 1.807) is 12.4 Å². The minimum absolute atomic E-state index is 0.697. The lowest BCUT2D eigenvalue weighted by atomic mass is 10.2. The Kier molecular flexibility index (Phi) is 4.91. The van der Waals surface area contributed by atoms with Crippen LogP contribution in [0.25, 0.3) is 0 Å². The number of nitrogens with zero attached hydrogens (tertiary/aromatic N) is 1. The molecule has 0 aromatic carbocycles. The first-order valence-electron chi connectivity index (χ1n) is 4.99. The summed E-state index contributed by atoms with van der Waals surface area (Å²) in [5, 5.41) is 4.14. The highest BCUT2D eigenvalue weighted by molar-refractivity contribution is 6.31. The first kappa shape index (κ1) is 11.5. The second kappa shape index (κ2) is 5.99. The Labute approximate surface area is 90.7 Å². The molecular formula is C11H17ClN2. The third-order valence-corrected chi connectivity index (χ3v) is 2.32. The molecule has 0 bridgehead atoms. The van der Waals surface area contributed by atoms with Crippen LogP contribution in [0.5, 0.6) is 0 Å². The fourth-order valence-corrected chi connectivity index (χ4v) is 1.43. The Balaban J connectivity index is 2.28. The molecule has 0 unspecified atom stereocenters. The van der Waals surface area contributed by atoms with Crippen molar-refractivity contribution in [2.45, 2.75) is 20.3 Å². The van der Waals surface area contributed by atoms with Crippen LogP contribution < -0.4 is 5.32 Å². The quantitative estimate of drug-likeness (QED) is 0.759. The third kappa shape index (κ3) is 4.07. The van der Waals surface area contributed by atoms with Gasteiger partial charge < -0.3 is 5.32 Å². The molecule has 0 aliphatic rings. The maximum absolute atomic E-state index is 5.98. The average Bonchev–Trinajstić information content (AvgIpc) is 2.15. The van der Waals surface area contributed by atoms with Crippen molar-refractivity contribution in [2.24, 2.45) is 5.92 Å². The largest absolute Gasteiger partial charge is 0.316 e. The van der Waals surface area contributed by atoms with Gasteiger partial charge in [-0.05, 0) is 37.1 Å². The first-order valence-corrected chi connectivity index (χ1v) is 5.37. The van der Waals surface area contributed by atoms with Crippen LogP contribution in [0.1, 0.15) is 19.4 Å². The van der Waals surface area contributed by atoms with Crippen LogP contribution >= 0.6 is 11.6 Å². The van der Waals surface area contributed by atoms with Gasteiger partial charge in [0.1, 0.15) is 0 Å². The van der Waals surface area contributed by atoms with E-state index in [9.17, 15) is 0 Å². The van der Waals surface area contributed by atoms with Gasteiger partial charge in [0.05, 0.1) is 5.02 Å². The molecule has 1 N–H and O–H groups in total. The monoisotopic (exact) mass is 212 g/mol. The van der Waals surface area contributed by atoms with Gasteiger partial charge in [-0.2, -0.15) is 0 Å². The SMILES string of the molecule is CC(C)CNCCc1ccncc1Cl. The summed E-state index contributed by atoms with van der Waals surface area (Å²) in [6.45, 7) is 6.43. The van der Waals surface area contributed by atoms with E-state index in [0.717, 1.165) is 30.1 Å². The van der Waals surface area contributed by atoms with Crippen molar-refractivity contribution < 1.29 is 0 Å². The number of halogens is 1. The topological polar surface area (TPSA) is 24.9 Å². The molecule has 1 aromatic rings. The Morgan fingerprint density at radius 2 is 2.29 bits per heavy atom. The molecule has 1 heterocycles. The lowest BCUT2D eigenvalue weighted by molar-refractivity contribution is 0.554. The zero-order valence-electron chi connectivity index (χ0n) is 8.76. The molecule has 0 saturated carbocycles. The van der Waals surface area contributed by atoms with E-state index >= 15 is 0 Å². The van der Waals surface area contributed by atoms with Gasteiger partial charge in [-0.3, -0.25) is 4.98 Å². The van der Waals surface area contributed by atoms with Gasteiger partial charge >= 0.3 is 0 Å². The van der Waals surface area contributed by atoms with Crippen LogP contribution in [-0.4, -0.2) is 18.1 Å². The molecule has 0 saturated heterocycles. The molecule has 1 rings (SSSR count). The highest BCUT2D eigenvalue weighted by Gasteiger charge is 1.99. The van der Waals surface area contributed by atoms with Gasteiger partial charge in [-0.1, -0.05) is 25.4 Å². The molecule has 1 aromatic heterocycles. The van der Waals surface area contributed by atoms with Gasteiger partial charge in [0.25, 0.3) is 0 Å². The summed E-state index contributed by atoms with van der Waals surface area (Å²) >= 11 is 5.98. The van der Waals surface area contributed by atoms with Crippen molar-refractivity contribution in [2.75, 3.05) is 13.1 Å².